The molecule has 0 aliphatic carbocycles. The number of ether oxygens (including phenoxy) is 2. The van der Waals surface area contributed by atoms with Gasteiger partial charge in [-0.1, -0.05) is 23.7 Å². The van der Waals surface area contributed by atoms with Gasteiger partial charge >= 0.3 is 0 Å². The number of rotatable bonds is 11. The Balaban J connectivity index is 1.72. The van der Waals surface area contributed by atoms with Crippen molar-refractivity contribution in [3.63, 3.8) is 0 Å². The van der Waals surface area contributed by atoms with Gasteiger partial charge in [-0.15, -0.1) is 0 Å². The average Bonchev–Trinajstić information content (AvgIpc) is 2.67. The fraction of sp³-hybridized carbons (Fsp3) is 0.429. The molecule has 0 spiro atoms. The Kier molecular flexibility index (Phi) is 9.04. The summed E-state index contributed by atoms with van der Waals surface area (Å²) in [5, 5.41) is 13.0. The maximum Gasteiger partial charge on any atom is 0.162 e. The van der Waals surface area contributed by atoms with Crippen LogP contribution in [0.5, 0.6) is 5.75 Å². The molecule has 2 aromatic rings. The zero-order valence-electron chi connectivity index (χ0n) is 16.3. The highest BCUT2D eigenvalue weighted by Crippen LogP contribution is 2.15. The summed E-state index contributed by atoms with van der Waals surface area (Å²) < 4.78 is 10.8. The first-order valence-electron chi connectivity index (χ1n) is 9.25. The molecule has 5 nitrogen and oxygen atoms in total. The SMILES string of the molecule is COc1ccc([C@@H](C[NH2+]C[C@H](O)COCc2ccc(Cl)cc2)[NH+](C)C)cc1. The van der Waals surface area contributed by atoms with Crippen LogP contribution in [-0.2, 0) is 11.3 Å². The van der Waals surface area contributed by atoms with Crippen LogP contribution in [0.3, 0.4) is 0 Å². The second kappa shape index (κ2) is 11.3. The van der Waals surface area contributed by atoms with Crippen LogP contribution in [0.1, 0.15) is 17.2 Å². The van der Waals surface area contributed by atoms with Gasteiger partial charge < -0.3 is 24.8 Å². The molecular weight excluding hydrogens is 364 g/mol. The van der Waals surface area contributed by atoms with Gasteiger partial charge in [0, 0.05) is 10.6 Å². The number of nitrogens with two attached hydrogens (primary N) is 1. The molecule has 0 saturated heterocycles. The van der Waals surface area contributed by atoms with Crippen LogP contribution in [0.4, 0.5) is 0 Å². The Bertz CT molecular complexity index is 662. The molecule has 2 aromatic carbocycles. The van der Waals surface area contributed by atoms with E-state index in [1.807, 2.05) is 36.4 Å². The monoisotopic (exact) mass is 394 g/mol. The van der Waals surface area contributed by atoms with Crippen LogP contribution in [0.25, 0.3) is 0 Å². The number of aliphatic hydroxyl groups is 1. The minimum absolute atomic E-state index is 0.321. The molecule has 0 aromatic heterocycles. The lowest BCUT2D eigenvalue weighted by Gasteiger charge is -2.21. The van der Waals surface area contributed by atoms with E-state index in [9.17, 15) is 5.11 Å². The lowest BCUT2D eigenvalue weighted by Crippen LogP contribution is -3.09. The Morgan fingerprint density at radius 3 is 2.30 bits per heavy atom. The second-order valence-corrected chi connectivity index (χ2v) is 7.40. The van der Waals surface area contributed by atoms with E-state index in [2.05, 4.69) is 31.5 Å². The number of methoxy groups -OCH3 is 1. The summed E-state index contributed by atoms with van der Waals surface area (Å²) in [6.45, 7) is 2.30. The van der Waals surface area contributed by atoms with Crippen LogP contribution < -0.4 is 15.0 Å². The van der Waals surface area contributed by atoms with Gasteiger partial charge in [-0.05, 0) is 42.0 Å². The molecule has 0 heterocycles. The molecular formula is C21H31ClN2O3+2. The Morgan fingerprint density at radius 2 is 1.70 bits per heavy atom. The summed E-state index contributed by atoms with van der Waals surface area (Å²) in [5.74, 6) is 0.864. The molecule has 0 saturated carbocycles. The number of benzene rings is 2. The summed E-state index contributed by atoms with van der Waals surface area (Å²) in [6, 6.07) is 16.1. The van der Waals surface area contributed by atoms with Crippen LogP contribution in [-0.4, -0.2) is 52.1 Å². The lowest BCUT2D eigenvalue weighted by molar-refractivity contribution is -0.909. The van der Waals surface area contributed by atoms with E-state index in [4.69, 9.17) is 21.1 Å². The van der Waals surface area contributed by atoms with E-state index in [1.165, 1.54) is 10.5 Å². The average molecular weight is 395 g/mol. The molecule has 0 aliphatic rings. The van der Waals surface area contributed by atoms with Crippen molar-refractivity contribution in [2.75, 3.05) is 40.9 Å². The first-order chi connectivity index (χ1) is 13.0. The predicted octanol–water partition coefficient (Wildman–Crippen LogP) is 0.675. The fourth-order valence-electron chi connectivity index (χ4n) is 2.96. The van der Waals surface area contributed by atoms with Crippen LogP contribution in [0.15, 0.2) is 48.5 Å². The Morgan fingerprint density at radius 1 is 1.04 bits per heavy atom. The van der Waals surface area contributed by atoms with Crippen molar-refractivity contribution in [2.45, 2.75) is 18.8 Å². The Hall–Kier alpha value is -1.63. The van der Waals surface area contributed by atoms with Gasteiger partial charge in [-0.3, -0.25) is 0 Å². The van der Waals surface area contributed by atoms with Gasteiger partial charge in [-0.25, -0.2) is 0 Å². The number of nitrogens with one attached hydrogen (secondary N) is 1. The highest BCUT2D eigenvalue weighted by atomic mass is 35.5. The summed E-state index contributed by atoms with van der Waals surface area (Å²) in [6.07, 6.45) is -0.494. The molecule has 27 heavy (non-hydrogen) atoms. The standard InChI is InChI=1S/C21H29ClN2O3/c1-24(2)21(17-6-10-20(26-3)11-7-17)13-23-12-19(25)15-27-14-16-4-8-18(22)9-5-16/h4-11,19,21,23,25H,12-15H2,1-3H3/p+2/t19-,21+/m0/s1. The number of hydrogen-bond donors (Lipinski definition) is 3. The van der Waals surface area contributed by atoms with E-state index in [-0.39, 0.29) is 0 Å². The summed E-state index contributed by atoms with van der Waals surface area (Å²) >= 11 is 5.87. The first-order valence-corrected chi connectivity index (χ1v) is 9.63. The molecule has 0 unspecified atom stereocenters. The minimum atomic E-state index is -0.494. The molecule has 2 rings (SSSR count). The van der Waals surface area contributed by atoms with Crippen molar-refractivity contribution in [3.05, 3.63) is 64.7 Å². The highest BCUT2D eigenvalue weighted by Gasteiger charge is 2.20. The van der Waals surface area contributed by atoms with Crippen molar-refractivity contribution in [3.8, 4) is 5.75 Å². The van der Waals surface area contributed by atoms with Gasteiger partial charge in [0.15, 0.2) is 6.04 Å². The van der Waals surface area contributed by atoms with Gasteiger partial charge in [-0.2, -0.15) is 0 Å². The summed E-state index contributed by atoms with van der Waals surface area (Å²) in [5.41, 5.74) is 2.31. The Labute approximate surface area is 166 Å². The molecule has 4 N–H and O–H groups in total. The number of hydrogen-bond acceptors (Lipinski definition) is 3. The molecule has 0 amide bonds. The van der Waals surface area contributed by atoms with Gasteiger partial charge in [0.25, 0.3) is 0 Å². The molecule has 0 bridgehead atoms. The van der Waals surface area contributed by atoms with Crippen molar-refractivity contribution < 1.29 is 24.8 Å². The fourth-order valence-corrected chi connectivity index (χ4v) is 3.08. The molecule has 0 aliphatic heterocycles. The maximum atomic E-state index is 10.2. The third-order valence-electron chi connectivity index (χ3n) is 4.55. The van der Waals surface area contributed by atoms with E-state index in [0.29, 0.717) is 30.8 Å². The number of aliphatic hydroxyl groups excluding tert-OH is 1. The normalized spacial score (nSPS) is 13.6. The maximum absolute atomic E-state index is 10.2. The van der Waals surface area contributed by atoms with Gasteiger partial charge in [0.2, 0.25) is 0 Å². The highest BCUT2D eigenvalue weighted by molar-refractivity contribution is 6.30. The van der Waals surface area contributed by atoms with Crippen molar-refractivity contribution >= 4 is 11.6 Å². The first kappa shape index (κ1) is 21.7. The van der Waals surface area contributed by atoms with Crippen molar-refractivity contribution in [1.82, 2.24) is 0 Å². The van der Waals surface area contributed by atoms with Crippen molar-refractivity contribution in [2.24, 2.45) is 0 Å². The zero-order valence-corrected chi connectivity index (χ0v) is 17.1. The van der Waals surface area contributed by atoms with E-state index < -0.39 is 6.10 Å². The molecule has 6 heteroatoms. The smallest absolute Gasteiger partial charge is 0.162 e. The predicted molar refractivity (Wildman–Crippen MR) is 107 cm³/mol. The molecule has 0 radical (unpaired) electrons. The third-order valence-corrected chi connectivity index (χ3v) is 4.80. The van der Waals surface area contributed by atoms with E-state index >= 15 is 0 Å². The summed E-state index contributed by atoms with van der Waals surface area (Å²) in [7, 11) is 5.97. The van der Waals surface area contributed by atoms with E-state index in [0.717, 1.165) is 17.9 Å². The second-order valence-electron chi connectivity index (χ2n) is 6.96. The molecule has 2 atom stereocenters. The zero-order chi connectivity index (χ0) is 19.6. The minimum Gasteiger partial charge on any atom is -0.497 e. The lowest BCUT2D eigenvalue weighted by atomic mass is 10.1. The van der Waals surface area contributed by atoms with Gasteiger partial charge in [0.1, 0.15) is 24.9 Å². The van der Waals surface area contributed by atoms with Crippen molar-refractivity contribution in [1.29, 1.82) is 0 Å². The third kappa shape index (κ3) is 7.48. The van der Waals surface area contributed by atoms with Gasteiger partial charge in [0.05, 0.1) is 34.4 Å². The quantitative estimate of drug-likeness (QED) is 0.525. The van der Waals surface area contributed by atoms with E-state index in [1.54, 1.807) is 7.11 Å². The topological polar surface area (TPSA) is 59.7 Å². The van der Waals surface area contributed by atoms with Crippen LogP contribution in [0, 0.1) is 0 Å². The number of likely N-dealkylation sites (N-methyl/N-ethyl adjacent to an activating group) is 1. The number of halogens is 1. The molecule has 0 fully saturated rings. The molecule has 148 valence electrons. The largest absolute Gasteiger partial charge is 0.497 e. The number of quaternary nitrogens is 2. The summed E-state index contributed by atoms with van der Waals surface area (Å²) in [4.78, 5) is 1.35. The van der Waals surface area contributed by atoms with Crippen LogP contribution >= 0.6 is 11.6 Å². The van der Waals surface area contributed by atoms with Crippen LogP contribution in [0.2, 0.25) is 5.02 Å².